The van der Waals surface area contributed by atoms with Gasteiger partial charge in [-0.05, 0) is 17.4 Å². The van der Waals surface area contributed by atoms with Crippen molar-refractivity contribution in [1.29, 1.82) is 0 Å². The molecule has 0 amide bonds. The molecule has 0 aromatic heterocycles. The number of benzene rings is 1. The predicted molar refractivity (Wildman–Crippen MR) is 74.9 cm³/mol. The van der Waals surface area contributed by atoms with E-state index in [-0.39, 0.29) is 18.1 Å². The third-order valence-electron chi connectivity index (χ3n) is 3.69. The van der Waals surface area contributed by atoms with E-state index in [1.54, 1.807) is 0 Å². The molecule has 4 nitrogen and oxygen atoms in total. The minimum absolute atomic E-state index is 0.131. The van der Waals surface area contributed by atoms with E-state index in [1.165, 1.54) is 0 Å². The van der Waals surface area contributed by atoms with Crippen molar-refractivity contribution >= 4 is 5.97 Å². The van der Waals surface area contributed by atoms with Gasteiger partial charge in [0.15, 0.2) is 0 Å². The van der Waals surface area contributed by atoms with Crippen molar-refractivity contribution in [3.63, 3.8) is 0 Å². The lowest BCUT2D eigenvalue weighted by Crippen LogP contribution is -2.49. The molecule has 1 aromatic rings. The van der Waals surface area contributed by atoms with Crippen molar-refractivity contribution in [3.8, 4) is 0 Å². The van der Waals surface area contributed by atoms with Gasteiger partial charge in [0, 0.05) is 0 Å². The van der Waals surface area contributed by atoms with Gasteiger partial charge in [0.2, 0.25) is 0 Å². The summed E-state index contributed by atoms with van der Waals surface area (Å²) in [4.78, 5) is 11.4. The number of aliphatic hydroxyl groups excluding tert-OH is 1. The molecule has 19 heavy (non-hydrogen) atoms. The van der Waals surface area contributed by atoms with Crippen LogP contribution >= 0.6 is 0 Å². The lowest BCUT2D eigenvalue weighted by Gasteiger charge is -2.33. The SMILES string of the molecule is CCC(C)(C)C(NC(CO)c1ccccc1)C(=O)O. The summed E-state index contributed by atoms with van der Waals surface area (Å²) in [6, 6.07) is 8.34. The molecule has 1 aromatic carbocycles. The van der Waals surface area contributed by atoms with Crippen LogP contribution in [0.3, 0.4) is 0 Å². The zero-order valence-corrected chi connectivity index (χ0v) is 11.8. The molecule has 2 unspecified atom stereocenters. The summed E-state index contributed by atoms with van der Waals surface area (Å²) in [6.07, 6.45) is 0.740. The Bertz CT molecular complexity index is 403. The van der Waals surface area contributed by atoms with E-state index in [9.17, 15) is 15.0 Å². The van der Waals surface area contributed by atoms with Gasteiger partial charge in [0.1, 0.15) is 6.04 Å². The first-order valence-electron chi connectivity index (χ1n) is 6.57. The Morgan fingerprint density at radius 3 is 2.32 bits per heavy atom. The number of hydrogen-bond donors (Lipinski definition) is 3. The first-order chi connectivity index (χ1) is 8.92. The Balaban J connectivity index is 2.92. The highest BCUT2D eigenvalue weighted by Gasteiger charge is 2.35. The fourth-order valence-electron chi connectivity index (χ4n) is 1.98. The lowest BCUT2D eigenvalue weighted by atomic mass is 9.81. The van der Waals surface area contributed by atoms with Gasteiger partial charge < -0.3 is 10.2 Å². The summed E-state index contributed by atoms with van der Waals surface area (Å²) in [7, 11) is 0. The predicted octanol–water partition coefficient (Wildman–Crippen LogP) is 2.20. The summed E-state index contributed by atoms with van der Waals surface area (Å²) < 4.78 is 0. The van der Waals surface area contributed by atoms with Gasteiger partial charge in [-0.1, -0.05) is 51.1 Å². The fraction of sp³-hybridized carbons (Fsp3) is 0.533. The molecule has 0 aliphatic rings. The van der Waals surface area contributed by atoms with E-state index in [4.69, 9.17) is 0 Å². The number of carboxylic acids is 1. The molecule has 3 N–H and O–H groups in total. The first kappa shape index (κ1) is 15.7. The molecule has 0 aliphatic carbocycles. The molecule has 0 aliphatic heterocycles. The fourth-order valence-corrected chi connectivity index (χ4v) is 1.98. The van der Waals surface area contributed by atoms with E-state index in [0.29, 0.717) is 0 Å². The standard InChI is InChI=1S/C15H23NO3/c1-4-15(2,3)13(14(18)19)16-12(10-17)11-8-6-5-7-9-11/h5-9,12-13,16-17H,4,10H2,1-3H3,(H,18,19). The van der Waals surface area contributed by atoms with Gasteiger partial charge in [0.05, 0.1) is 12.6 Å². The Morgan fingerprint density at radius 1 is 1.32 bits per heavy atom. The third-order valence-corrected chi connectivity index (χ3v) is 3.69. The number of aliphatic carboxylic acids is 1. The van der Waals surface area contributed by atoms with Gasteiger partial charge >= 0.3 is 5.97 Å². The summed E-state index contributed by atoms with van der Waals surface area (Å²) in [6.45, 7) is 5.66. The van der Waals surface area contributed by atoms with Crippen LogP contribution in [0.1, 0.15) is 38.8 Å². The quantitative estimate of drug-likeness (QED) is 0.707. The molecule has 2 atom stereocenters. The van der Waals surface area contributed by atoms with Crippen molar-refractivity contribution in [3.05, 3.63) is 35.9 Å². The second-order valence-corrected chi connectivity index (χ2v) is 5.43. The third kappa shape index (κ3) is 4.04. The van der Waals surface area contributed by atoms with Crippen LogP contribution in [0.15, 0.2) is 30.3 Å². The molecule has 0 saturated carbocycles. The lowest BCUT2D eigenvalue weighted by molar-refractivity contribution is -0.143. The highest BCUT2D eigenvalue weighted by molar-refractivity contribution is 5.74. The number of nitrogens with one attached hydrogen (secondary N) is 1. The summed E-state index contributed by atoms with van der Waals surface area (Å²) >= 11 is 0. The van der Waals surface area contributed by atoms with Crippen LogP contribution in [0.4, 0.5) is 0 Å². The molecular weight excluding hydrogens is 242 g/mol. The maximum atomic E-state index is 11.4. The average molecular weight is 265 g/mol. The van der Waals surface area contributed by atoms with E-state index < -0.39 is 12.0 Å². The molecule has 4 heteroatoms. The molecule has 106 valence electrons. The summed E-state index contributed by atoms with van der Waals surface area (Å²) in [5.74, 6) is -0.888. The van der Waals surface area contributed by atoms with Gasteiger partial charge in [-0.15, -0.1) is 0 Å². The number of hydrogen-bond acceptors (Lipinski definition) is 3. The minimum atomic E-state index is -0.888. The Hall–Kier alpha value is -1.39. The highest BCUT2D eigenvalue weighted by atomic mass is 16.4. The van der Waals surface area contributed by atoms with Crippen molar-refractivity contribution in [2.24, 2.45) is 5.41 Å². The van der Waals surface area contributed by atoms with Gasteiger partial charge in [0.25, 0.3) is 0 Å². The first-order valence-corrected chi connectivity index (χ1v) is 6.57. The molecule has 0 spiro atoms. The monoisotopic (exact) mass is 265 g/mol. The van der Waals surface area contributed by atoms with E-state index >= 15 is 0 Å². The maximum absolute atomic E-state index is 11.4. The van der Waals surface area contributed by atoms with E-state index in [2.05, 4.69) is 5.32 Å². The van der Waals surface area contributed by atoms with Crippen molar-refractivity contribution in [2.75, 3.05) is 6.61 Å². The zero-order chi connectivity index (χ0) is 14.5. The molecule has 0 saturated heterocycles. The molecule has 0 bridgehead atoms. The number of carbonyl (C=O) groups is 1. The molecule has 0 radical (unpaired) electrons. The average Bonchev–Trinajstić information content (AvgIpc) is 2.40. The number of carboxylic acid groups (broad SMARTS) is 1. The summed E-state index contributed by atoms with van der Waals surface area (Å²) in [5.41, 5.74) is 0.511. The van der Waals surface area contributed by atoms with Crippen LogP contribution in [0.2, 0.25) is 0 Å². The second kappa shape index (κ2) is 6.68. The van der Waals surface area contributed by atoms with E-state index in [1.807, 2.05) is 51.1 Å². The van der Waals surface area contributed by atoms with Crippen LogP contribution in [0, 0.1) is 5.41 Å². The Labute approximate surface area is 114 Å². The Kier molecular flexibility index (Phi) is 5.51. The van der Waals surface area contributed by atoms with Gasteiger partial charge in [-0.25, -0.2) is 0 Å². The normalized spacial score (nSPS) is 14.9. The van der Waals surface area contributed by atoms with Crippen LogP contribution < -0.4 is 5.32 Å². The van der Waals surface area contributed by atoms with Crippen molar-refractivity contribution < 1.29 is 15.0 Å². The van der Waals surface area contributed by atoms with Crippen molar-refractivity contribution in [2.45, 2.75) is 39.3 Å². The molecule has 1 rings (SSSR count). The van der Waals surface area contributed by atoms with Crippen LogP contribution in [0.25, 0.3) is 0 Å². The smallest absolute Gasteiger partial charge is 0.321 e. The van der Waals surface area contributed by atoms with Gasteiger partial charge in [-0.3, -0.25) is 10.1 Å². The van der Waals surface area contributed by atoms with Crippen molar-refractivity contribution in [1.82, 2.24) is 5.32 Å². The Morgan fingerprint density at radius 2 is 1.89 bits per heavy atom. The van der Waals surface area contributed by atoms with E-state index in [0.717, 1.165) is 12.0 Å². The molecule has 0 heterocycles. The van der Waals surface area contributed by atoms with Crippen LogP contribution in [0.5, 0.6) is 0 Å². The van der Waals surface area contributed by atoms with Crippen LogP contribution in [-0.2, 0) is 4.79 Å². The zero-order valence-electron chi connectivity index (χ0n) is 11.8. The highest BCUT2D eigenvalue weighted by Crippen LogP contribution is 2.27. The largest absolute Gasteiger partial charge is 0.480 e. The number of aliphatic hydroxyl groups is 1. The number of rotatable bonds is 7. The topological polar surface area (TPSA) is 69.6 Å². The van der Waals surface area contributed by atoms with Crippen LogP contribution in [-0.4, -0.2) is 28.8 Å². The second-order valence-electron chi connectivity index (χ2n) is 5.43. The molecule has 0 fully saturated rings. The minimum Gasteiger partial charge on any atom is -0.480 e. The summed E-state index contributed by atoms with van der Waals surface area (Å²) in [5, 5.41) is 21.9. The molecular formula is C15H23NO3. The van der Waals surface area contributed by atoms with Gasteiger partial charge in [-0.2, -0.15) is 0 Å². The maximum Gasteiger partial charge on any atom is 0.321 e.